The van der Waals surface area contributed by atoms with Crippen LogP contribution in [0.25, 0.3) is 0 Å². The lowest BCUT2D eigenvalue weighted by molar-refractivity contribution is 0.0663. The van der Waals surface area contributed by atoms with Crippen LogP contribution in [0.1, 0.15) is 35.9 Å². The number of piperazine rings is 1. The number of likely N-dealkylation sites (N-methyl/N-ethyl adjacent to an activating group) is 1. The van der Waals surface area contributed by atoms with Gasteiger partial charge in [-0.1, -0.05) is 13.8 Å². The van der Waals surface area contributed by atoms with Crippen molar-refractivity contribution in [2.24, 2.45) is 0 Å². The van der Waals surface area contributed by atoms with Crippen LogP contribution in [0.5, 0.6) is 0 Å². The highest BCUT2D eigenvalue weighted by molar-refractivity contribution is 5.93. The molecule has 0 aromatic carbocycles. The van der Waals surface area contributed by atoms with Gasteiger partial charge in [-0.25, -0.2) is 9.97 Å². The molecule has 5 heteroatoms. The van der Waals surface area contributed by atoms with Crippen molar-refractivity contribution >= 4 is 5.91 Å². The lowest BCUT2D eigenvalue weighted by Gasteiger charge is -2.32. The molecule has 18 heavy (non-hydrogen) atoms. The molecule has 1 aliphatic rings. The SMILES string of the molecule is CC(C)c1ncc(C(=O)N2CCN(C)CC2)cn1. The lowest BCUT2D eigenvalue weighted by atomic mass is 10.2. The number of carbonyl (C=O) groups excluding carboxylic acids is 1. The molecule has 0 unspecified atom stereocenters. The second-order valence-corrected chi connectivity index (χ2v) is 5.08. The number of hydrogen-bond donors (Lipinski definition) is 0. The summed E-state index contributed by atoms with van der Waals surface area (Å²) in [4.78, 5) is 24.8. The molecule has 0 aliphatic carbocycles. The summed E-state index contributed by atoms with van der Waals surface area (Å²) in [6, 6.07) is 0. The molecule has 1 aliphatic heterocycles. The summed E-state index contributed by atoms with van der Waals surface area (Å²) in [7, 11) is 2.07. The highest BCUT2D eigenvalue weighted by atomic mass is 16.2. The molecule has 98 valence electrons. The van der Waals surface area contributed by atoms with Crippen molar-refractivity contribution in [1.82, 2.24) is 19.8 Å². The largest absolute Gasteiger partial charge is 0.336 e. The summed E-state index contributed by atoms with van der Waals surface area (Å²) in [5.74, 6) is 1.11. The van der Waals surface area contributed by atoms with Gasteiger partial charge < -0.3 is 9.80 Å². The van der Waals surface area contributed by atoms with Gasteiger partial charge in [0.15, 0.2) is 0 Å². The van der Waals surface area contributed by atoms with Gasteiger partial charge >= 0.3 is 0 Å². The van der Waals surface area contributed by atoms with Gasteiger partial charge in [0.1, 0.15) is 5.82 Å². The Morgan fingerprint density at radius 3 is 2.22 bits per heavy atom. The van der Waals surface area contributed by atoms with Crippen molar-refractivity contribution in [3.8, 4) is 0 Å². The number of aromatic nitrogens is 2. The standard InChI is InChI=1S/C13H20N4O/c1-10(2)12-14-8-11(9-15-12)13(18)17-6-4-16(3)5-7-17/h8-10H,4-7H2,1-3H3. The van der Waals surface area contributed by atoms with Crippen LogP contribution in [-0.4, -0.2) is 58.9 Å². The Bertz CT molecular complexity index is 408. The molecule has 1 fully saturated rings. The molecule has 1 aromatic rings. The molecule has 5 nitrogen and oxygen atoms in total. The molecule has 0 radical (unpaired) electrons. The Hall–Kier alpha value is -1.49. The number of rotatable bonds is 2. The van der Waals surface area contributed by atoms with Crippen LogP contribution in [0, 0.1) is 0 Å². The van der Waals surface area contributed by atoms with Crippen molar-refractivity contribution in [2.45, 2.75) is 19.8 Å². The van der Waals surface area contributed by atoms with Crippen LogP contribution in [0.2, 0.25) is 0 Å². The van der Waals surface area contributed by atoms with E-state index in [2.05, 4.69) is 21.9 Å². The van der Waals surface area contributed by atoms with E-state index in [1.54, 1.807) is 12.4 Å². The Labute approximate surface area is 108 Å². The number of hydrogen-bond acceptors (Lipinski definition) is 4. The summed E-state index contributed by atoms with van der Waals surface area (Å²) < 4.78 is 0. The quantitative estimate of drug-likeness (QED) is 0.783. The molecule has 0 spiro atoms. The average molecular weight is 248 g/mol. The van der Waals surface area contributed by atoms with Crippen molar-refractivity contribution < 1.29 is 4.79 Å². The van der Waals surface area contributed by atoms with Gasteiger partial charge in [-0.15, -0.1) is 0 Å². The Balaban J connectivity index is 2.04. The van der Waals surface area contributed by atoms with Crippen LogP contribution < -0.4 is 0 Å². The molecule has 1 amide bonds. The summed E-state index contributed by atoms with van der Waals surface area (Å²) in [5, 5.41) is 0. The first-order valence-corrected chi connectivity index (χ1v) is 6.37. The topological polar surface area (TPSA) is 49.3 Å². The van der Waals surface area contributed by atoms with Gasteiger partial charge in [0, 0.05) is 44.5 Å². The third-order valence-electron chi connectivity index (χ3n) is 3.23. The second-order valence-electron chi connectivity index (χ2n) is 5.08. The van der Waals surface area contributed by atoms with Gasteiger partial charge in [0.2, 0.25) is 0 Å². The maximum absolute atomic E-state index is 12.2. The smallest absolute Gasteiger partial charge is 0.257 e. The van der Waals surface area contributed by atoms with E-state index in [1.807, 2.05) is 18.7 Å². The first-order valence-electron chi connectivity index (χ1n) is 6.37. The molecular formula is C13H20N4O. The van der Waals surface area contributed by atoms with E-state index >= 15 is 0 Å². The highest BCUT2D eigenvalue weighted by Crippen LogP contribution is 2.10. The Morgan fingerprint density at radius 2 is 1.72 bits per heavy atom. The third kappa shape index (κ3) is 2.85. The minimum atomic E-state index is 0.0402. The maximum Gasteiger partial charge on any atom is 0.257 e. The van der Waals surface area contributed by atoms with E-state index < -0.39 is 0 Å². The van der Waals surface area contributed by atoms with Crippen LogP contribution in [-0.2, 0) is 0 Å². The fourth-order valence-corrected chi connectivity index (χ4v) is 1.94. The van der Waals surface area contributed by atoms with Crippen LogP contribution in [0.15, 0.2) is 12.4 Å². The molecular weight excluding hydrogens is 228 g/mol. The molecule has 1 aromatic heterocycles. The van der Waals surface area contributed by atoms with Crippen LogP contribution in [0.3, 0.4) is 0 Å². The van der Waals surface area contributed by atoms with E-state index in [1.165, 1.54) is 0 Å². The molecule has 2 rings (SSSR count). The van der Waals surface area contributed by atoms with Gasteiger partial charge in [-0.3, -0.25) is 4.79 Å². The summed E-state index contributed by atoms with van der Waals surface area (Å²) in [6.45, 7) is 7.49. The van der Waals surface area contributed by atoms with E-state index in [0.717, 1.165) is 32.0 Å². The molecule has 0 N–H and O–H groups in total. The minimum absolute atomic E-state index is 0.0402. The third-order valence-corrected chi connectivity index (χ3v) is 3.23. The van der Waals surface area contributed by atoms with Gasteiger partial charge in [-0.2, -0.15) is 0 Å². The predicted octanol–water partition coefficient (Wildman–Crippen LogP) is 0.988. The molecule has 0 atom stereocenters. The van der Waals surface area contributed by atoms with Gasteiger partial charge in [0.25, 0.3) is 5.91 Å². The molecule has 0 bridgehead atoms. The van der Waals surface area contributed by atoms with Crippen LogP contribution >= 0.6 is 0 Å². The predicted molar refractivity (Wildman–Crippen MR) is 69.5 cm³/mol. The highest BCUT2D eigenvalue weighted by Gasteiger charge is 2.20. The van der Waals surface area contributed by atoms with Gasteiger partial charge in [-0.05, 0) is 7.05 Å². The normalized spacial score (nSPS) is 17.2. The van der Waals surface area contributed by atoms with Gasteiger partial charge in [0.05, 0.1) is 5.56 Å². The zero-order valence-electron chi connectivity index (χ0n) is 11.3. The van der Waals surface area contributed by atoms with E-state index in [9.17, 15) is 4.79 Å². The zero-order valence-corrected chi connectivity index (χ0v) is 11.3. The Kier molecular flexibility index (Phi) is 3.91. The number of amides is 1. The van der Waals surface area contributed by atoms with Crippen molar-refractivity contribution in [2.75, 3.05) is 33.2 Å². The van der Waals surface area contributed by atoms with Crippen LogP contribution in [0.4, 0.5) is 0 Å². The number of carbonyl (C=O) groups is 1. The average Bonchev–Trinajstić information content (AvgIpc) is 2.39. The fraction of sp³-hybridized carbons (Fsp3) is 0.615. The van der Waals surface area contributed by atoms with E-state index in [-0.39, 0.29) is 11.8 Å². The maximum atomic E-state index is 12.2. The first-order chi connectivity index (χ1) is 8.58. The summed E-state index contributed by atoms with van der Waals surface area (Å²) in [6.07, 6.45) is 3.28. The van der Waals surface area contributed by atoms with Crippen molar-refractivity contribution in [3.63, 3.8) is 0 Å². The summed E-state index contributed by atoms with van der Waals surface area (Å²) in [5.41, 5.74) is 0.587. The van der Waals surface area contributed by atoms with Crippen molar-refractivity contribution in [1.29, 1.82) is 0 Å². The first kappa shape index (κ1) is 13.0. The summed E-state index contributed by atoms with van der Waals surface area (Å²) >= 11 is 0. The minimum Gasteiger partial charge on any atom is -0.336 e. The lowest BCUT2D eigenvalue weighted by Crippen LogP contribution is -2.47. The molecule has 1 saturated heterocycles. The van der Waals surface area contributed by atoms with E-state index in [4.69, 9.17) is 0 Å². The second kappa shape index (κ2) is 5.44. The fourth-order valence-electron chi connectivity index (χ4n) is 1.94. The van der Waals surface area contributed by atoms with Crippen molar-refractivity contribution in [3.05, 3.63) is 23.8 Å². The zero-order chi connectivity index (χ0) is 13.1. The monoisotopic (exact) mass is 248 g/mol. The number of nitrogens with zero attached hydrogens (tertiary/aromatic N) is 4. The molecule has 2 heterocycles. The Morgan fingerprint density at radius 1 is 1.17 bits per heavy atom. The molecule has 0 saturated carbocycles. The van der Waals surface area contributed by atoms with E-state index in [0.29, 0.717) is 5.56 Å².